The van der Waals surface area contributed by atoms with Crippen molar-refractivity contribution in [2.75, 3.05) is 0 Å². The summed E-state index contributed by atoms with van der Waals surface area (Å²) in [4.78, 5) is 0. The van der Waals surface area contributed by atoms with Gasteiger partial charge in [-0.2, -0.15) is 35.4 Å². The van der Waals surface area contributed by atoms with Gasteiger partial charge >= 0.3 is 30.2 Å². The molecule has 0 aliphatic heterocycles. The Bertz CT molecular complexity index is 284. The summed E-state index contributed by atoms with van der Waals surface area (Å²) in [5.74, 6) is 0. The Balaban J connectivity index is -0.000000169. The molecule has 0 bridgehead atoms. The van der Waals surface area contributed by atoms with Crippen LogP contribution in [0, 0.1) is 13.8 Å². The van der Waals surface area contributed by atoms with E-state index < -0.39 is 0 Å². The van der Waals surface area contributed by atoms with E-state index in [1.165, 1.54) is 11.1 Å². The fourth-order valence-corrected chi connectivity index (χ4v) is 0.920. The van der Waals surface area contributed by atoms with Crippen LogP contribution in [-0.4, -0.2) is 6.88 Å². The molecule has 4 heteroatoms. The van der Waals surface area contributed by atoms with E-state index in [0.29, 0.717) is 0 Å². The van der Waals surface area contributed by atoms with E-state index >= 15 is 0 Å². The van der Waals surface area contributed by atoms with Crippen LogP contribution < -0.4 is 24.8 Å². The quantitative estimate of drug-likeness (QED) is 0.342. The summed E-state index contributed by atoms with van der Waals surface area (Å²) >= 11 is 1.58. The Morgan fingerprint density at radius 2 is 1.62 bits per heavy atom. The molecular formula is C12H16Cl2SiZr-2. The van der Waals surface area contributed by atoms with Crippen LogP contribution in [0.15, 0.2) is 48.5 Å². The molecule has 0 fully saturated rings. The zero-order chi connectivity index (χ0) is 10.8. The van der Waals surface area contributed by atoms with Crippen LogP contribution in [-0.2, 0) is 23.3 Å². The Labute approximate surface area is 128 Å². The standard InChI is InChI=1S/C7H9.C5H5.2ClH.H2Si.Zr/c1-6-4-3-5-7(6)2;1-2-4-5-3-1;;;;/h3-5H,1-2H3;1-5H;2*1H;1H2;/q2*-1;;;;+2/p-2. The Morgan fingerprint density at radius 3 is 1.75 bits per heavy atom. The average Bonchev–Trinajstić information content (AvgIpc) is 2.86. The van der Waals surface area contributed by atoms with E-state index in [4.69, 9.17) is 0 Å². The minimum absolute atomic E-state index is 0. The van der Waals surface area contributed by atoms with Crippen molar-refractivity contribution in [1.29, 1.82) is 0 Å². The molecule has 2 aromatic rings. The van der Waals surface area contributed by atoms with Gasteiger partial charge < -0.3 is 24.8 Å². The zero-order valence-electron chi connectivity index (χ0n) is 9.58. The van der Waals surface area contributed by atoms with Crippen LogP contribution in [0.3, 0.4) is 0 Å². The zero-order valence-corrected chi connectivity index (χ0v) is 15.0. The van der Waals surface area contributed by atoms with Crippen molar-refractivity contribution >= 4 is 6.88 Å². The number of rotatable bonds is 0. The fraction of sp³-hybridized carbons (Fsp3) is 0.167. The number of hydrogen-bond acceptors (Lipinski definition) is 0. The summed E-state index contributed by atoms with van der Waals surface area (Å²) in [6.45, 7) is 6.19. The van der Waals surface area contributed by atoms with Crippen LogP contribution in [0.5, 0.6) is 0 Å². The molecule has 0 aliphatic carbocycles. The molecule has 0 aliphatic rings. The topological polar surface area (TPSA) is 0 Å². The number of aryl methyl sites for hydroxylation is 2. The molecule has 0 nitrogen and oxygen atoms in total. The largest absolute Gasteiger partial charge is 0.214 e. The molecule has 0 atom stereocenters. The number of hydrogen-bond donors (Lipinski definition) is 0. The average molecular weight is 350 g/mol. The summed E-state index contributed by atoms with van der Waals surface area (Å²) in [6.07, 6.45) is 0. The SMILES string of the molecule is Cc1ccc[c-]1C.[Cl-].[Cl-].[SiH2]=[Zr+2].c1cc[cH-]c1. The van der Waals surface area contributed by atoms with E-state index in [1.807, 2.05) is 37.2 Å². The van der Waals surface area contributed by atoms with Crippen molar-refractivity contribution in [3.63, 3.8) is 0 Å². The molecule has 0 unspecified atom stereocenters. The predicted molar refractivity (Wildman–Crippen MR) is 62.1 cm³/mol. The smallest absolute Gasteiger partial charge is 0.172 e. The van der Waals surface area contributed by atoms with Gasteiger partial charge in [0.2, 0.25) is 0 Å². The van der Waals surface area contributed by atoms with Gasteiger partial charge in [0.05, 0.1) is 0 Å². The first kappa shape index (κ1) is 21.6. The van der Waals surface area contributed by atoms with Gasteiger partial charge in [0, 0.05) is 0 Å². The molecule has 16 heavy (non-hydrogen) atoms. The second-order valence-electron chi connectivity index (χ2n) is 2.85. The third kappa shape index (κ3) is 10.9. The summed E-state index contributed by atoms with van der Waals surface area (Å²) in [7, 11) is 0. The molecule has 0 saturated heterocycles. The Kier molecular flexibility index (Phi) is 20.8. The molecule has 2 aromatic carbocycles. The summed E-state index contributed by atoms with van der Waals surface area (Å²) < 4.78 is 0. The Hall–Kier alpha value is 0.380. The van der Waals surface area contributed by atoms with E-state index in [9.17, 15) is 0 Å². The van der Waals surface area contributed by atoms with E-state index in [1.54, 1.807) is 23.3 Å². The summed E-state index contributed by atoms with van der Waals surface area (Å²) in [6, 6.07) is 16.3. The van der Waals surface area contributed by atoms with Gasteiger partial charge in [-0.05, 0) is 0 Å². The van der Waals surface area contributed by atoms with Gasteiger partial charge in [0.1, 0.15) is 0 Å². The molecule has 0 radical (unpaired) electrons. The van der Waals surface area contributed by atoms with E-state index in [-0.39, 0.29) is 24.8 Å². The third-order valence-electron chi connectivity index (χ3n) is 1.87. The summed E-state index contributed by atoms with van der Waals surface area (Å²) in [5.41, 5.74) is 2.78. The second-order valence-corrected chi connectivity index (χ2v) is 2.85. The first-order valence-electron chi connectivity index (χ1n) is 4.51. The predicted octanol–water partition coefficient (Wildman–Crippen LogP) is -3.48. The second kappa shape index (κ2) is 15.4. The minimum atomic E-state index is 0. The molecule has 0 spiro atoms. The molecule has 88 valence electrons. The normalized spacial score (nSPS) is 7.00. The molecule has 0 heterocycles. The van der Waals surface area contributed by atoms with Crippen LogP contribution in [0.2, 0.25) is 0 Å². The third-order valence-corrected chi connectivity index (χ3v) is 1.87. The molecule has 0 amide bonds. The van der Waals surface area contributed by atoms with Crippen molar-refractivity contribution in [2.45, 2.75) is 13.8 Å². The van der Waals surface area contributed by atoms with Crippen molar-refractivity contribution in [2.24, 2.45) is 0 Å². The fourth-order valence-electron chi connectivity index (χ4n) is 0.920. The van der Waals surface area contributed by atoms with Crippen LogP contribution in [0.25, 0.3) is 0 Å². The molecule has 2 rings (SSSR count). The molecule has 0 N–H and O–H groups in total. The van der Waals surface area contributed by atoms with Crippen LogP contribution in [0.1, 0.15) is 11.1 Å². The first-order valence-corrected chi connectivity index (χ1v) is 10.4. The number of halogens is 2. The van der Waals surface area contributed by atoms with Crippen molar-refractivity contribution < 1.29 is 48.1 Å². The van der Waals surface area contributed by atoms with Crippen molar-refractivity contribution in [3.05, 3.63) is 59.7 Å². The van der Waals surface area contributed by atoms with Crippen LogP contribution in [0.4, 0.5) is 0 Å². The maximum absolute atomic E-state index is 2.12. The van der Waals surface area contributed by atoms with Gasteiger partial charge in [-0.15, -0.1) is 0 Å². The summed E-state index contributed by atoms with van der Waals surface area (Å²) in [5, 5.41) is 0. The molecule has 0 saturated carbocycles. The van der Waals surface area contributed by atoms with E-state index in [2.05, 4.69) is 32.0 Å². The first-order chi connectivity index (χ1) is 6.80. The monoisotopic (exact) mass is 348 g/mol. The van der Waals surface area contributed by atoms with Gasteiger partial charge in [0.25, 0.3) is 0 Å². The molecule has 0 aromatic heterocycles. The van der Waals surface area contributed by atoms with E-state index in [0.717, 1.165) is 0 Å². The molecular weight excluding hydrogens is 334 g/mol. The van der Waals surface area contributed by atoms with Crippen molar-refractivity contribution in [1.82, 2.24) is 0 Å². The van der Waals surface area contributed by atoms with Gasteiger partial charge in [-0.25, -0.2) is 24.3 Å². The van der Waals surface area contributed by atoms with Crippen molar-refractivity contribution in [3.8, 4) is 0 Å². The minimum Gasteiger partial charge on any atom is -0.214 e. The van der Waals surface area contributed by atoms with Crippen LogP contribution >= 0.6 is 0 Å². The van der Waals surface area contributed by atoms with Gasteiger partial charge in [0.15, 0.2) is 0 Å². The maximum Gasteiger partial charge on any atom is -0.172 e. The van der Waals surface area contributed by atoms with Gasteiger partial charge in [-0.1, -0.05) is 13.8 Å². The Morgan fingerprint density at radius 1 is 1.12 bits per heavy atom. The van der Waals surface area contributed by atoms with Gasteiger partial charge in [-0.3, -0.25) is 0 Å². The maximum atomic E-state index is 2.12.